The highest BCUT2D eigenvalue weighted by atomic mass is 32.1. The van der Waals surface area contributed by atoms with E-state index >= 15 is 0 Å². The topological polar surface area (TPSA) is 66.9 Å². The van der Waals surface area contributed by atoms with Crippen molar-refractivity contribution in [3.05, 3.63) is 88.6 Å². The third-order valence-electron chi connectivity index (χ3n) is 4.89. The molecule has 2 heterocycles. The van der Waals surface area contributed by atoms with Crippen LogP contribution in [0.1, 0.15) is 34.8 Å². The lowest BCUT2D eigenvalue weighted by Gasteiger charge is -2.20. The van der Waals surface area contributed by atoms with E-state index in [-0.39, 0.29) is 18.5 Å². The lowest BCUT2D eigenvalue weighted by atomic mass is 9.99. The fraction of sp³-hybridized carbons (Fsp3) is 0.208. The lowest BCUT2D eigenvalue weighted by Crippen LogP contribution is -2.34. The van der Waals surface area contributed by atoms with Crippen LogP contribution in [0, 0.1) is 6.92 Å². The molecule has 0 spiro atoms. The van der Waals surface area contributed by atoms with Crippen molar-refractivity contribution in [2.75, 3.05) is 11.9 Å². The van der Waals surface area contributed by atoms with Crippen LogP contribution in [-0.2, 0) is 11.2 Å². The Hall–Kier alpha value is -3.25. The van der Waals surface area contributed by atoms with Crippen LogP contribution in [0.25, 0.3) is 10.2 Å². The fourth-order valence-corrected chi connectivity index (χ4v) is 4.43. The van der Waals surface area contributed by atoms with Gasteiger partial charge in [0.2, 0.25) is 5.91 Å². The summed E-state index contributed by atoms with van der Waals surface area (Å²) in [6, 6.07) is 21.9. The predicted octanol–water partition coefficient (Wildman–Crippen LogP) is 4.88. The first-order chi connectivity index (χ1) is 14.6. The molecule has 4 aromatic rings. The third-order valence-corrected chi connectivity index (χ3v) is 6.06. The Morgan fingerprint density at radius 3 is 2.23 bits per heavy atom. The van der Waals surface area contributed by atoms with Gasteiger partial charge in [0.25, 0.3) is 0 Å². The zero-order valence-corrected chi connectivity index (χ0v) is 17.9. The Labute approximate surface area is 180 Å². The average molecular weight is 417 g/mol. The van der Waals surface area contributed by atoms with Gasteiger partial charge in [-0.25, -0.2) is 9.97 Å². The number of anilines is 1. The third kappa shape index (κ3) is 4.49. The van der Waals surface area contributed by atoms with E-state index < -0.39 is 0 Å². The monoisotopic (exact) mass is 416 g/mol. The van der Waals surface area contributed by atoms with Crippen LogP contribution in [-0.4, -0.2) is 22.4 Å². The summed E-state index contributed by atoms with van der Waals surface area (Å²) >= 11 is 1.67. The molecular weight excluding hydrogens is 392 g/mol. The zero-order valence-electron chi connectivity index (χ0n) is 17.1. The predicted molar refractivity (Wildman–Crippen MR) is 123 cm³/mol. The van der Waals surface area contributed by atoms with E-state index in [1.165, 1.54) is 4.88 Å². The molecule has 2 N–H and O–H groups in total. The first-order valence-electron chi connectivity index (χ1n) is 10.0. The lowest BCUT2D eigenvalue weighted by molar-refractivity contribution is -0.119. The number of hydrogen-bond acceptors (Lipinski definition) is 5. The van der Waals surface area contributed by atoms with Gasteiger partial charge in [0.15, 0.2) is 0 Å². The highest BCUT2D eigenvalue weighted by molar-refractivity contribution is 7.18. The van der Waals surface area contributed by atoms with E-state index in [0.717, 1.165) is 27.8 Å². The summed E-state index contributed by atoms with van der Waals surface area (Å²) in [5.74, 6) is 1.31. The smallest absolute Gasteiger partial charge is 0.240 e. The molecule has 0 unspecified atom stereocenters. The van der Waals surface area contributed by atoms with E-state index in [0.29, 0.717) is 11.6 Å². The molecule has 2 aromatic heterocycles. The van der Waals surface area contributed by atoms with Crippen LogP contribution in [0.5, 0.6) is 0 Å². The number of carbonyl (C=O) groups is 1. The molecule has 4 rings (SSSR count). The molecule has 0 fully saturated rings. The molecule has 0 aliphatic carbocycles. The van der Waals surface area contributed by atoms with E-state index in [2.05, 4.69) is 33.6 Å². The summed E-state index contributed by atoms with van der Waals surface area (Å²) in [5, 5.41) is 7.34. The quantitative estimate of drug-likeness (QED) is 0.451. The van der Waals surface area contributed by atoms with Crippen LogP contribution < -0.4 is 10.6 Å². The average Bonchev–Trinajstić information content (AvgIpc) is 3.20. The number of nitrogens with zero attached hydrogens (tertiary/aromatic N) is 2. The van der Waals surface area contributed by atoms with Crippen molar-refractivity contribution in [2.24, 2.45) is 0 Å². The van der Waals surface area contributed by atoms with Gasteiger partial charge < -0.3 is 10.6 Å². The van der Waals surface area contributed by atoms with E-state index in [9.17, 15) is 4.79 Å². The molecule has 2 aromatic carbocycles. The molecule has 152 valence electrons. The van der Waals surface area contributed by atoms with Crippen molar-refractivity contribution >= 4 is 33.3 Å². The van der Waals surface area contributed by atoms with Gasteiger partial charge in [0.05, 0.1) is 18.0 Å². The molecule has 5 nitrogen and oxygen atoms in total. The second kappa shape index (κ2) is 9.05. The minimum Gasteiger partial charge on any atom is -0.360 e. The van der Waals surface area contributed by atoms with Crippen LogP contribution in [0.2, 0.25) is 0 Å². The Morgan fingerprint density at radius 2 is 1.63 bits per heavy atom. The largest absolute Gasteiger partial charge is 0.360 e. The normalized spacial score (nSPS) is 11.0. The van der Waals surface area contributed by atoms with Crippen LogP contribution in [0.4, 0.5) is 5.82 Å². The van der Waals surface area contributed by atoms with Gasteiger partial charge in [-0.15, -0.1) is 11.3 Å². The van der Waals surface area contributed by atoms with Gasteiger partial charge in [-0.05, 0) is 30.5 Å². The Morgan fingerprint density at radius 1 is 1.00 bits per heavy atom. The number of rotatable bonds is 7. The van der Waals surface area contributed by atoms with E-state index in [1.54, 1.807) is 11.3 Å². The van der Waals surface area contributed by atoms with Crippen LogP contribution in [0.3, 0.4) is 0 Å². The number of nitrogens with one attached hydrogen (secondary N) is 2. The number of aromatic nitrogens is 2. The number of amides is 1. The second-order valence-electron chi connectivity index (χ2n) is 7.08. The van der Waals surface area contributed by atoms with Gasteiger partial charge in [-0.1, -0.05) is 67.6 Å². The van der Waals surface area contributed by atoms with Gasteiger partial charge >= 0.3 is 0 Å². The molecule has 0 bridgehead atoms. The molecule has 0 saturated carbocycles. The van der Waals surface area contributed by atoms with Crippen LogP contribution >= 0.6 is 11.3 Å². The zero-order chi connectivity index (χ0) is 20.9. The number of aryl methyl sites for hydroxylation is 2. The fourth-order valence-electron chi connectivity index (χ4n) is 3.41. The van der Waals surface area contributed by atoms with Crippen molar-refractivity contribution in [2.45, 2.75) is 26.3 Å². The maximum atomic E-state index is 12.8. The molecule has 0 saturated heterocycles. The van der Waals surface area contributed by atoms with Crippen LogP contribution in [0.15, 0.2) is 66.7 Å². The standard InChI is InChI=1S/C24H24N4OS/c1-3-19-14-20-23(26-16(2)27-24(20)30-19)25-15-21(29)28-22(17-10-6-4-7-11-17)18-12-8-5-9-13-18/h4-14,22H,3,15H2,1-2H3,(H,28,29)(H,25,26,27). The maximum absolute atomic E-state index is 12.8. The Bertz CT molecular complexity index is 1100. The molecular formula is C24H24N4OS. The number of carbonyl (C=O) groups excluding carboxylic acids is 1. The summed E-state index contributed by atoms with van der Waals surface area (Å²) < 4.78 is 0. The van der Waals surface area contributed by atoms with Crippen molar-refractivity contribution in [1.82, 2.24) is 15.3 Å². The molecule has 0 radical (unpaired) electrons. The molecule has 30 heavy (non-hydrogen) atoms. The van der Waals surface area contributed by atoms with Crippen molar-refractivity contribution < 1.29 is 4.79 Å². The van der Waals surface area contributed by atoms with Crippen molar-refractivity contribution in [3.8, 4) is 0 Å². The molecule has 0 aliphatic rings. The van der Waals surface area contributed by atoms with E-state index in [1.807, 2.05) is 67.6 Å². The van der Waals surface area contributed by atoms with Crippen molar-refractivity contribution in [3.63, 3.8) is 0 Å². The summed E-state index contributed by atoms with van der Waals surface area (Å²) in [5.41, 5.74) is 2.09. The van der Waals surface area contributed by atoms with Gasteiger partial charge in [-0.2, -0.15) is 0 Å². The Kier molecular flexibility index (Phi) is 6.05. The van der Waals surface area contributed by atoms with Gasteiger partial charge in [0, 0.05) is 4.88 Å². The number of thiophene rings is 1. The van der Waals surface area contributed by atoms with E-state index in [4.69, 9.17) is 0 Å². The second-order valence-corrected chi connectivity index (χ2v) is 8.20. The minimum absolute atomic E-state index is 0.0944. The van der Waals surface area contributed by atoms with Gasteiger partial charge in [-0.3, -0.25) is 4.79 Å². The molecule has 0 atom stereocenters. The highest BCUT2D eigenvalue weighted by Gasteiger charge is 2.17. The maximum Gasteiger partial charge on any atom is 0.240 e. The summed E-state index contributed by atoms with van der Waals surface area (Å²) in [6.45, 7) is 4.13. The number of hydrogen-bond donors (Lipinski definition) is 2. The first-order valence-corrected chi connectivity index (χ1v) is 10.9. The Balaban J connectivity index is 1.52. The number of fused-ring (bicyclic) bond motifs is 1. The summed E-state index contributed by atoms with van der Waals surface area (Å²) in [7, 11) is 0. The highest BCUT2D eigenvalue weighted by Crippen LogP contribution is 2.29. The molecule has 1 amide bonds. The first kappa shape index (κ1) is 20.0. The molecule has 0 aliphatic heterocycles. The summed E-state index contributed by atoms with van der Waals surface area (Å²) in [6.07, 6.45) is 0.954. The van der Waals surface area contributed by atoms with Gasteiger partial charge in [0.1, 0.15) is 16.5 Å². The molecule has 6 heteroatoms. The minimum atomic E-state index is -0.207. The number of benzene rings is 2. The SMILES string of the molecule is CCc1cc2c(NCC(=O)NC(c3ccccc3)c3ccccc3)nc(C)nc2s1. The van der Waals surface area contributed by atoms with Crippen molar-refractivity contribution in [1.29, 1.82) is 0 Å². The summed E-state index contributed by atoms with van der Waals surface area (Å²) in [4.78, 5) is 24.1.